The van der Waals surface area contributed by atoms with Crippen molar-refractivity contribution in [2.45, 2.75) is 42.9 Å². The molecule has 2 atom stereocenters. The van der Waals surface area contributed by atoms with Gasteiger partial charge >= 0.3 is 0 Å². The highest BCUT2D eigenvalue weighted by Gasteiger charge is 2.26. The minimum atomic E-state index is -1.00. The van der Waals surface area contributed by atoms with Gasteiger partial charge in [0.15, 0.2) is 0 Å². The molecule has 4 aromatic carbocycles. The minimum Gasteiger partial charge on any atom is -0.341 e. The average molecular weight is 647 g/mol. The van der Waals surface area contributed by atoms with E-state index in [2.05, 4.69) is 17.0 Å². The Morgan fingerprint density at radius 3 is 2.45 bits per heavy atom. The molecule has 8 heteroatoms. The molecule has 5 rings (SSSR count). The average Bonchev–Trinajstić information content (AvgIpc) is 3.04. The number of hydrogen-bond donors (Lipinski definition) is 0. The first-order valence-electron chi connectivity index (χ1n) is 15.0. The van der Waals surface area contributed by atoms with Crippen LogP contribution in [0.15, 0.2) is 77.7 Å². The molecule has 0 radical (unpaired) electrons. The number of piperidine rings is 1. The monoisotopic (exact) mass is 645 g/mol. The number of carbonyl (C=O) groups excluding carboxylic acids is 1. The van der Waals surface area contributed by atoms with Gasteiger partial charge in [-0.15, -0.1) is 0 Å². The first-order chi connectivity index (χ1) is 21.2. The van der Waals surface area contributed by atoms with Crippen molar-refractivity contribution in [3.05, 3.63) is 111 Å². The number of likely N-dealkylation sites (N-methyl/N-ethyl adjacent to an activating group) is 1. The number of rotatable bonds is 9. The summed E-state index contributed by atoms with van der Waals surface area (Å²) in [6, 6.07) is 25.7. The van der Waals surface area contributed by atoms with Crippen molar-refractivity contribution in [3.63, 3.8) is 0 Å². The van der Waals surface area contributed by atoms with Gasteiger partial charge < -0.3 is 9.80 Å². The van der Waals surface area contributed by atoms with E-state index in [9.17, 15) is 14.3 Å². The fraction of sp³-hybridized carbons (Fsp3) is 0.333. The molecule has 44 heavy (non-hydrogen) atoms. The molecule has 0 aliphatic carbocycles. The Morgan fingerprint density at radius 2 is 1.75 bits per heavy atom. The van der Waals surface area contributed by atoms with Gasteiger partial charge in [-0.1, -0.05) is 71.7 Å². The fourth-order valence-corrected chi connectivity index (χ4v) is 7.61. The van der Waals surface area contributed by atoms with Crippen LogP contribution in [0.25, 0.3) is 10.8 Å². The standard InChI is InChI=1S/C36H37Cl2N3O2S/c1-24-29(22-39)20-27-8-4-5-10-31(27)35(24)36(42)40(2)23-28(26-12-13-32(37)33(38)21-26)16-19-41-17-14-25(15-18-41)30-9-6-7-11-34(30)44(3)43/h4-13,20-21,25,28H,14-19,23H2,1-3H3/t28-,44+/m1/s1. The van der Waals surface area contributed by atoms with Crippen LogP contribution in [0.5, 0.6) is 0 Å². The maximum absolute atomic E-state index is 14.0. The van der Waals surface area contributed by atoms with Crippen LogP contribution in [0.1, 0.15) is 63.7 Å². The number of halogens is 2. The van der Waals surface area contributed by atoms with E-state index in [-0.39, 0.29) is 11.8 Å². The van der Waals surface area contributed by atoms with E-state index in [1.807, 2.05) is 80.7 Å². The smallest absolute Gasteiger partial charge is 0.254 e. The fourth-order valence-electron chi connectivity index (χ4n) is 6.46. The van der Waals surface area contributed by atoms with Crippen molar-refractivity contribution in [2.24, 2.45) is 0 Å². The predicted octanol–water partition coefficient (Wildman–Crippen LogP) is 8.19. The minimum absolute atomic E-state index is 0.0328. The lowest BCUT2D eigenvalue weighted by atomic mass is 9.88. The zero-order chi connectivity index (χ0) is 31.4. The van der Waals surface area contributed by atoms with E-state index >= 15 is 0 Å². The molecule has 0 saturated carbocycles. The highest BCUT2D eigenvalue weighted by molar-refractivity contribution is 7.84. The lowest BCUT2D eigenvalue weighted by molar-refractivity contribution is 0.0783. The number of likely N-dealkylation sites (tertiary alicyclic amines) is 1. The molecule has 0 N–H and O–H groups in total. The molecular weight excluding hydrogens is 609 g/mol. The third-order valence-electron chi connectivity index (χ3n) is 8.95. The normalized spacial score (nSPS) is 15.5. The molecule has 1 amide bonds. The summed E-state index contributed by atoms with van der Waals surface area (Å²) < 4.78 is 12.3. The van der Waals surface area contributed by atoms with E-state index in [1.54, 1.807) is 11.2 Å². The second kappa shape index (κ2) is 14.3. The Balaban J connectivity index is 1.33. The number of hydrogen-bond acceptors (Lipinski definition) is 4. The quantitative estimate of drug-likeness (QED) is 0.184. The van der Waals surface area contributed by atoms with Crippen LogP contribution >= 0.6 is 23.2 Å². The summed E-state index contributed by atoms with van der Waals surface area (Å²) in [6.45, 7) is 5.15. The molecule has 0 aromatic heterocycles. The van der Waals surface area contributed by atoms with E-state index < -0.39 is 10.8 Å². The Hall–Kier alpha value is -3.21. The van der Waals surface area contributed by atoms with Gasteiger partial charge in [0.25, 0.3) is 5.91 Å². The van der Waals surface area contributed by atoms with Gasteiger partial charge in [-0.3, -0.25) is 9.00 Å². The molecule has 0 unspecified atom stereocenters. The maximum Gasteiger partial charge on any atom is 0.254 e. The van der Waals surface area contributed by atoms with Crippen LogP contribution in [0.2, 0.25) is 10.0 Å². The van der Waals surface area contributed by atoms with Gasteiger partial charge in [-0.05, 0) is 103 Å². The van der Waals surface area contributed by atoms with Gasteiger partial charge in [0.2, 0.25) is 0 Å². The third-order valence-corrected chi connectivity index (χ3v) is 10.7. The second-order valence-electron chi connectivity index (χ2n) is 11.7. The molecule has 0 bridgehead atoms. The van der Waals surface area contributed by atoms with Gasteiger partial charge in [0.1, 0.15) is 0 Å². The van der Waals surface area contributed by atoms with Crippen molar-refractivity contribution in [3.8, 4) is 6.07 Å². The van der Waals surface area contributed by atoms with Crippen molar-refractivity contribution in [1.82, 2.24) is 9.80 Å². The number of nitriles is 1. The molecule has 1 fully saturated rings. The summed E-state index contributed by atoms with van der Waals surface area (Å²) in [7, 11) is 0.831. The van der Waals surface area contributed by atoms with E-state index in [1.165, 1.54) is 5.56 Å². The molecule has 1 aliphatic heterocycles. The van der Waals surface area contributed by atoms with Crippen LogP contribution in [0, 0.1) is 18.3 Å². The highest BCUT2D eigenvalue weighted by Crippen LogP contribution is 2.34. The van der Waals surface area contributed by atoms with Crippen molar-refractivity contribution < 1.29 is 9.00 Å². The number of benzene rings is 4. The van der Waals surface area contributed by atoms with Crippen LogP contribution in [-0.2, 0) is 10.8 Å². The molecule has 1 saturated heterocycles. The Morgan fingerprint density at radius 1 is 1.05 bits per heavy atom. The van der Waals surface area contributed by atoms with Crippen LogP contribution in [0.3, 0.4) is 0 Å². The molecule has 5 nitrogen and oxygen atoms in total. The first-order valence-corrected chi connectivity index (χ1v) is 17.3. The molecule has 228 valence electrons. The summed E-state index contributed by atoms with van der Waals surface area (Å²) in [5, 5.41) is 12.5. The summed E-state index contributed by atoms with van der Waals surface area (Å²) in [5.74, 6) is 0.335. The topological polar surface area (TPSA) is 64.4 Å². The van der Waals surface area contributed by atoms with E-state index in [4.69, 9.17) is 23.2 Å². The number of amides is 1. The number of fused-ring (bicyclic) bond motifs is 1. The van der Waals surface area contributed by atoms with Crippen LogP contribution < -0.4 is 0 Å². The van der Waals surface area contributed by atoms with Crippen molar-refractivity contribution in [1.29, 1.82) is 5.26 Å². The second-order valence-corrected chi connectivity index (χ2v) is 13.9. The van der Waals surface area contributed by atoms with Crippen molar-refractivity contribution in [2.75, 3.05) is 39.5 Å². The molecule has 1 aliphatic rings. The number of carbonyl (C=O) groups is 1. The Labute approximate surface area is 272 Å². The lowest BCUT2D eigenvalue weighted by Crippen LogP contribution is -2.36. The van der Waals surface area contributed by atoms with Gasteiger partial charge in [0.05, 0.1) is 38.0 Å². The molecule has 0 spiro atoms. The summed E-state index contributed by atoms with van der Waals surface area (Å²) in [4.78, 5) is 19.2. The Bertz CT molecular complexity index is 1740. The Kier molecular flexibility index (Phi) is 10.4. The summed E-state index contributed by atoms with van der Waals surface area (Å²) >= 11 is 12.7. The van der Waals surface area contributed by atoms with Crippen LogP contribution in [0.4, 0.5) is 0 Å². The number of nitrogens with zero attached hydrogens (tertiary/aromatic N) is 3. The third kappa shape index (κ3) is 7.03. The highest BCUT2D eigenvalue weighted by atomic mass is 35.5. The largest absolute Gasteiger partial charge is 0.341 e. The summed E-state index contributed by atoms with van der Waals surface area (Å²) in [5.41, 5.74) is 4.04. The first kappa shape index (κ1) is 32.2. The van der Waals surface area contributed by atoms with Gasteiger partial charge in [-0.2, -0.15) is 5.26 Å². The maximum atomic E-state index is 14.0. The van der Waals surface area contributed by atoms with E-state index in [0.717, 1.165) is 60.1 Å². The van der Waals surface area contributed by atoms with Crippen LogP contribution in [-0.4, -0.2) is 59.4 Å². The predicted molar refractivity (Wildman–Crippen MR) is 181 cm³/mol. The SMILES string of the molecule is Cc1c(C#N)cc2ccccc2c1C(=O)N(C)C[C@@H](CCN1CCC(c2ccccc2[S@](C)=O)CC1)c1ccc(Cl)c(Cl)c1. The van der Waals surface area contributed by atoms with E-state index in [0.29, 0.717) is 39.2 Å². The molecular formula is C36H37Cl2N3O2S. The zero-order valence-electron chi connectivity index (χ0n) is 25.4. The zero-order valence-corrected chi connectivity index (χ0v) is 27.7. The lowest BCUT2D eigenvalue weighted by Gasteiger charge is -2.34. The molecule has 1 heterocycles. The summed E-state index contributed by atoms with van der Waals surface area (Å²) in [6.07, 6.45) is 4.63. The van der Waals surface area contributed by atoms with Gasteiger partial charge in [-0.25, -0.2) is 0 Å². The molecule has 4 aromatic rings. The van der Waals surface area contributed by atoms with Gasteiger partial charge in [0, 0.05) is 30.7 Å². The van der Waals surface area contributed by atoms with Crippen molar-refractivity contribution >= 4 is 50.7 Å².